The van der Waals surface area contributed by atoms with E-state index in [0.29, 0.717) is 0 Å². The summed E-state index contributed by atoms with van der Waals surface area (Å²) in [7, 11) is 0. The molecule has 1 N–H and O–H groups in total. The van der Waals surface area contributed by atoms with E-state index in [1.807, 2.05) is 11.8 Å². The molecule has 1 fully saturated rings. The summed E-state index contributed by atoms with van der Waals surface area (Å²) in [5, 5.41) is 3.32. The van der Waals surface area contributed by atoms with Gasteiger partial charge in [0.05, 0.1) is 6.04 Å². The Balaban J connectivity index is 2.65. The molecule has 1 unspecified atom stereocenters. The lowest BCUT2D eigenvalue weighted by Gasteiger charge is -2.38. The van der Waals surface area contributed by atoms with Crippen LogP contribution in [0.4, 0.5) is 0 Å². The van der Waals surface area contributed by atoms with Crippen LogP contribution in [-0.4, -0.2) is 60.0 Å². The number of hydrogen-bond acceptors (Lipinski definition) is 3. The average Bonchev–Trinajstić information content (AvgIpc) is 2.28. The van der Waals surface area contributed by atoms with Crippen LogP contribution in [0.25, 0.3) is 0 Å². The molecule has 4 nitrogen and oxygen atoms in total. The van der Waals surface area contributed by atoms with Gasteiger partial charge in [-0.2, -0.15) is 0 Å². The van der Waals surface area contributed by atoms with Gasteiger partial charge in [-0.1, -0.05) is 0 Å². The van der Waals surface area contributed by atoms with E-state index in [9.17, 15) is 4.79 Å². The number of rotatable bonds is 4. The van der Waals surface area contributed by atoms with Gasteiger partial charge in [-0.25, -0.2) is 0 Å². The molecule has 1 atom stereocenters. The molecule has 0 aromatic heterocycles. The Morgan fingerprint density at radius 1 is 1.06 bits per heavy atom. The molecule has 17 heavy (non-hydrogen) atoms. The summed E-state index contributed by atoms with van der Waals surface area (Å²) in [5.74, 6) is 0.261. The molecule has 1 rings (SSSR count). The molecule has 1 amide bonds. The Morgan fingerprint density at radius 3 is 1.94 bits per heavy atom. The third-order valence-corrected chi connectivity index (χ3v) is 3.42. The van der Waals surface area contributed by atoms with Crippen LogP contribution in [-0.2, 0) is 4.79 Å². The monoisotopic (exact) mass is 241 g/mol. The van der Waals surface area contributed by atoms with E-state index >= 15 is 0 Å². The lowest BCUT2D eigenvalue weighted by Crippen LogP contribution is -2.55. The van der Waals surface area contributed by atoms with E-state index in [2.05, 4.69) is 37.9 Å². The fraction of sp³-hybridized carbons (Fsp3) is 0.923. The van der Waals surface area contributed by atoms with Crippen molar-refractivity contribution in [3.05, 3.63) is 0 Å². The van der Waals surface area contributed by atoms with Gasteiger partial charge in [-0.3, -0.25) is 9.69 Å². The maximum Gasteiger partial charge on any atom is 0.240 e. The summed E-state index contributed by atoms with van der Waals surface area (Å²) in [4.78, 5) is 16.8. The molecule has 100 valence electrons. The number of hydrogen-bond donors (Lipinski definition) is 1. The van der Waals surface area contributed by atoms with E-state index < -0.39 is 0 Å². The molecular weight excluding hydrogens is 214 g/mol. The summed E-state index contributed by atoms with van der Waals surface area (Å²) in [6.45, 7) is 14.3. The second-order valence-corrected chi connectivity index (χ2v) is 5.39. The maximum absolute atomic E-state index is 12.5. The van der Waals surface area contributed by atoms with Gasteiger partial charge in [-0.05, 0) is 34.6 Å². The van der Waals surface area contributed by atoms with Crippen LogP contribution in [0.5, 0.6) is 0 Å². The molecule has 0 spiro atoms. The van der Waals surface area contributed by atoms with E-state index in [-0.39, 0.29) is 24.0 Å². The van der Waals surface area contributed by atoms with Crippen molar-refractivity contribution in [3.63, 3.8) is 0 Å². The van der Waals surface area contributed by atoms with E-state index in [0.717, 1.165) is 26.2 Å². The molecule has 0 radical (unpaired) electrons. The Morgan fingerprint density at radius 2 is 1.53 bits per heavy atom. The highest BCUT2D eigenvalue weighted by atomic mass is 16.2. The molecule has 4 heteroatoms. The quantitative estimate of drug-likeness (QED) is 0.795. The predicted octanol–water partition coefficient (Wildman–Crippen LogP) is 0.926. The Labute approximate surface area is 105 Å². The SMILES string of the molecule is CC(C(=O)N(C(C)C)C(C)C)N1CCNCC1. The first-order chi connectivity index (χ1) is 7.95. The van der Waals surface area contributed by atoms with Gasteiger partial charge in [0, 0.05) is 38.3 Å². The fourth-order valence-electron chi connectivity index (χ4n) is 2.55. The highest BCUT2D eigenvalue weighted by Crippen LogP contribution is 2.11. The van der Waals surface area contributed by atoms with Gasteiger partial charge in [-0.15, -0.1) is 0 Å². The summed E-state index contributed by atoms with van der Waals surface area (Å²) < 4.78 is 0. The fourth-order valence-corrected chi connectivity index (χ4v) is 2.55. The van der Waals surface area contributed by atoms with Crippen molar-refractivity contribution in [3.8, 4) is 0 Å². The van der Waals surface area contributed by atoms with Crippen LogP contribution in [0.2, 0.25) is 0 Å². The molecule has 1 heterocycles. The minimum Gasteiger partial charge on any atom is -0.336 e. The molecule has 1 aliphatic rings. The summed E-state index contributed by atoms with van der Waals surface area (Å²) in [6.07, 6.45) is 0. The lowest BCUT2D eigenvalue weighted by molar-refractivity contribution is -0.140. The van der Waals surface area contributed by atoms with Crippen LogP contribution >= 0.6 is 0 Å². The number of nitrogens with one attached hydrogen (secondary N) is 1. The largest absolute Gasteiger partial charge is 0.336 e. The van der Waals surface area contributed by atoms with Gasteiger partial charge in [0.2, 0.25) is 5.91 Å². The second-order valence-electron chi connectivity index (χ2n) is 5.39. The molecule has 1 saturated heterocycles. The Hall–Kier alpha value is -0.610. The third-order valence-electron chi connectivity index (χ3n) is 3.42. The van der Waals surface area contributed by atoms with Crippen molar-refractivity contribution >= 4 is 5.91 Å². The minimum absolute atomic E-state index is 0.00176. The minimum atomic E-state index is 0.00176. The number of nitrogens with zero attached hydrogens (tertiary/aromatic N) is 2. The zero-order valence-corrected chi connectivity index (χ0v) is 11.9. The Bertz CT molecular complexity index is 239. The average molecular weight is 241 g/mol. The smallest absolute Gasteiger partial charge is 0.240 e. The van der Waals surface area contributed by atoms with Crippen LogP contribution in [0.3, 0.4) is 0 Å². The normalized spacial score (nSPS) is 19.7. The van der Waals surface area contributed by atoms with Gasteiger partial charge in [0.15, 0.2) is 0 Å². The molecule has 0 aromatic carbocycles. The van der Waals surface area contributed by atoms with E-state index in [1.165, 1.54) is 0 Å². The van der Waals surface area contributed by atoms with Gasteiger partial charge in [0.25, 0.3) is 0 Å². The molecule has 0 bridgehead atoms. The molecule has 0 aromatic rings. The van der Waals surface area contributed by atoms with Crippen molar-refractivity contribution in [2.45, 2.75) is 52.7 Å². The van der Waals surface area contributed by atoms with Crippen molar-refractivity contribution in [2.75, 3.05) is 26.2 Å². The van der Waals surface area contributed by atoms with Crippen LogP contribution in [0.1, 0.15) is 34.6 Å². The summed E-state index contributed by atoms with van der Waals surface area (Å²) >= 11 is 0. The van der Waals surface area contributed by atoms with E-state index in [4.69, 9.17) is 0 Å². The lowest BCUT2D eigenvalue weighted by atomic mass is 10.1. The standard InChI is InChI=1S/C13H27N3O/c1-10(2)16(11(3)4)13(17)12(5)15-8-6-14-7-9-15/h10-12,14H,6-9H2,1-5H3. The molecular formula is C13H27N3O. The Kier molecular flexibility index (Phi) is 5.40. The molecule has 1 aliphatic heterocycles. The van der Waals surface area contributed by atoms with Gasteiger partial charge < -0.3 is 10.2 Å². The first kappa shape index (κ1) is 14.5. The summed E-state index contributed by atoms with van der Waals surface area (Å²) in [6, 6.07) is 0.544. The zero-order chi connectivity index (χ0) is 13.0. The van der Waals surface area contributed by atoms with Crippen LogP contribution < -0.4 is 5.32 Å². The van der Waals surface area contributed by atoms with Crippen molar-refractivity contribution in [1.29, 1.82) is 0 Å². The van der Waals surface area contributed by atoms with Gasteiger partial charge >= 0.3 is 0 Å². The van der Waals surface area contributed by atoms with Gasteiger partial charge in [0.1, 0.15) is 0 Å². The van der Waals surface area contributed by atoms with Crippen molar-refractivity contribution in [2.24, 2.45) is 0 Å². The zero-order valence-electron chi connectivity index (χ0n) is 11.9. The number of piperazine rings is 1. The summed E-state index contributed by atoms with van der Waals surface area (Å²) in [5.41, 5.74) is 0. The second kappa shape index (κ2) is 6.36. The number of carbonyl (C=O) groups is 1. The van der Waals surface area contributed by atoms with Crippen molar-refractivity contribution in [1.82, 2.24) is 15.1 Å². The maximum atomic E-state index is 12.5. The third kappa shape index (κ3) is 3.68. The predicted molar refractivity (Wildman–Crippen MR) is 71.0 cm³/mol. The van der Waals surface area contributed by atoms with Crippen molar-refractivity contribution < 1.29 is 4.79 Å². The number of amides is 1. The number of carbonyl (C=O) groups excluding carboxylic acids is 1. The molecule has 0 aliphatic carbocycles. The topological polar surface area (TPSA) is 35.6 Å². The highest BCUT2D eigenvalue weighted by molar-refractivity contribution is 5.82. The first-order valence-electron chi connectivity index (χ1n) is 6.72. The van der Waals surface area contributed by atoms with E-state index in [1.54, 1.807) is 0 Å². The molecule has 0 saturated carbocycles. The highest BCUT2D eigenvalue weighted by Gasteiger charge is 2.29. The van der Waals surface area contributed by atoms with Crippen LogP contribution in [0, 0.1) is 0 Å². The first-order valence-corrected chi connectivity index (χ1v) is 6.72. The van der Waals surface area contributed by atoms with Crippen LogP contribution in [0.15, 0.2) is 0 Å².